The van der Waals surface area contributed by atoms with Gasteiger partial charge in [-0.25, -0.2) is 38.7 Å². The van der Waals surface area contributed by atoms with Crippen LogP contribution in [0.3, 0.4) is 0 Å². The van der Waals surface area contributed by atoms with Crippen molar-refractivity contribution in [3.05, 3.63) is 97.1 Å². The molecule has 6 heterocycles. The lowest BCUT2D eigenvalue weighted by Gasteiger charge is -2.15. The Balaban J connectivity index is 0.000000207. The highest BCUT2D eigenvalue weighted by Gasteiger charge is 2.46. The summed E-state index contributed by atoms with van der Waals surface area (Å²) >= 11 is 0. The van der Waals surface area contributed by atoms with E-state index < -0.39 is 55.8 Å². The van der Waals surface area contributed by atoms with E-state index in [1.54, 1.807) is 54.6 Å². The molecule has 56 heavy (non-hydrogen) atoms. The van der Waals surface area contributed by atoms with Gasteiger partial charge in [0.2, 0.25) is 0 Å². The molecule has 2 aliphatic rings. The lowest BCUT2D eigenvalue weighted by Crippen LogP contribution is -2.30. The normalized spacial score (nSPS) is 24.1. The molecular weight excluding hydrogens is 734 g/mol. The van der Waals surface area contributed by atoms with Crippen molar-refractivity contribution in [1.29, 1.82) is 0 Å². The Morgan fingerprint density at radius 1 is 0.679 bits per heavy atom. The number of fused-ring (bicyclic) bond motifs is 2. The summed E-state index contributed by atoms with van der Waals surface area (Å²) in [6, 6.07) is 17.3. The van der Waals surface area contributed by atoms with Crippen LogP contribution in [0.2, 0.25) is 0 Å². The van der Waals surface area contributed by atoms with Crippen LogP contribution >= 0.6 is 0 Å². The number of nitrogens with one attached hydrogen (secondary N) is 2. The minimum absolute atomic E-state index is 0. The zero-order valence-electron chi connectivity index (χ0n) is 28.4. The van der Waals surface area contributed by atoms with E-state index in [0.717, 1.165) is 0 Å². The Kier molecular flexibility index (Phi) is 13.1. The van der Waals surface area contributed by atoms with Gasteiger partial charge in [-0.15, -0.1) is 0 Å². The minimum Gasteiger partial charge on any atom is -0.394 e. The van der Waals surface area contributed by atoms with Gasteiger partial charge in [0, 0.05) is 11.1 Å². The summed E-state index contributed by atoms with van der Waals surface area (Å²) < 4.78 is 42.6. The highest BCUT2D eigenvalue weighted by molar-refractivity contribution is 6.07. The number of benzene rings is 2. The van der Waals surface area contributed by atoms with Crippen molar-refractivity contribution in [3.8, 4) is 0 Å². The van der Waals surface area contributed by atoms with Crippen molar-refractivity contribution in [1.82, 2.24) is 39.0 Å². The van der Waals surface area contributed by atoms with Crippen molar-refractivity contribution in [2.75, 3.05) is 17.2 Å². The Labute approximate surface area is 319 Å². The number of alkyl halides is 2. The smallest absolute Gasteiger partial charge is 0.256 e. The summed E-state index contributed by atoms with van der Waals surface area (Å²) in [6.45, 7) is 1.30. The van der Waals surface area contributed by atoms with Crippen LogP contribution in [0.15, 0.2) is 86.0 Å². The first kappa shape index (κ1) is 41.3. The topological polar surface area (TPSA) is 225 Å². The Bertz CT molecular complexity index is 2090. The number of hydrogen-bond donors (Lipinski definition) is 5. The molecule has 8 atom stereocenters. The van der Waals surface area contributed by atoms with Gasteiger partial charge in [0.15, 0.2) is 58.8 Å². The predicted molar refractivity (Wildman–Crippen MR) is 200 cm³/mol. The number of imidazole rings is 2. The van der Waals surface area contributed by atoms with Crippen LogP contribution in [-0.2, 0) is 9.47 Å². The van der Waals surface area contributed by atoms with Crippen LogP contribution in [0.1, 0.15) is 61.4 Å². The average molecular weight is 777 g/mol. The SMILES string of the molecule is C.C.CC[C@H]1O[C@@H](n2cnc3c(NC(=O)c4ccccc4)ncnc32)[C@H](F)[C@@H]1O.O=C(Nc1ncnc2c1ncn2[C@@H]1O[C@H](CO)[C@@H](O)[C@H]1F)c1ccccc1. The molecule has 6 aromatic rings. The van der Waals surface area contributed by atoms with Gasteiger partial charge < -0.3 is 35.4 Å². The summed E-state index contributed by atoms with van der Waals surface area (Å²) in [5.41, 5.74) is 2.02. The molecule has 0 aliphatic carbocycles. The van der Waals surface area contributed by atoms with Crippen molar-refractivity contribution < 1.29 is 43.2 Å². The Hall–Kier alpha value is -5.86. The highest BCUT2D eigenvalue weighted by atomic mass is 19.1. The Morgan fingerprint density at radius 2 is 1.09 bits per heavy atom. The van der Waals surface area contributed by atoms with Gasteiger partial charge in [0.25, 0.3) is 11.8 Å². The number of halogens is 2. The zero-order valence-corrected chi connectivity index (χ0v) is 28.4. The number of anilines is 2. The highest BCUT2D eigenvalue weighted by Crippen LogP contribution is 2.36. The predicted octanol–water partition coefficient (Wildman–Crippen LogP) is 4.02. The molecule has 0 radical (unpaired) electrons. The molecule has 2 aromatic carbocycles. The second-order valence-electron chi connectivity index (χ2n) is 12.3. The second kappa shape index (κ2) is 17.7. The lowest BCUT2D eigenvalue weighted by molar-refractivity contribution is -0.0459. The maximum atomic E-state index is 14.5. The van der Waals surface area contributed by atoms with E-state index in [9.17, 15) is 33.7 Å². The van der Waals surface area contributed by atoms with Crippen LogP contribution in [0.4, 0.5) is 20.4 Å². The number of carbonyl (C=O) groups excluding carboxylic acids is 2. The number of amides is 2. The second-order valence-corrected chi connectivity index (χ2v) is 12.3. The van der Waals surface area contributed by atoms with Gasteiger partial charge in [-0.3, -0.25) is 18.7 Å². The van der Waals surface area contributed by atoms with Crippen LogP contribution < -0.4 is 10.6 Å². The fraction of sp³-hybridized carbons (Fsp3) is 0.351. The van der Waals surface area contributed by atoms with Gasteiger partial charge in [0.05, 0.1) is 25.4 Å². The molecule has 296 valence electrons. The summed E-state index contributed by atoms with van der Waals surface area (Å²) in [5, 5.41) is 34.3. The van der Waals surface area contributed by atoms with E-state index in [0.29, 0.717) is 28.7 Å². The number of ether oxygens (including phenoxy) is 2. The zero-order chi connectivity index (χ0) is 37.9. The summed E-state index contributed by atoms with van der Waals surface area (Å²) in [4.78, 5) is 49.4. The van der Waals surface area contributed by atoms with Gasteiger partial charge in [-0.2, -0.15) is 0 Å². The lowest BCUT2D eigenvalue weighted by atomic mass is 10.1. The van der Waals surface area contributed by atoms with Gasteiger partial charge in [-0.05, 0) is 30.7 Å². The molecule has 8 rings (SSSR count). The number of aromatic nitrogens is 8. The third kappa shape index (κ3) is 7.93. The van der Waals surface area contributed by atoms with E-state index in [-0.39, 0.29) is 49.5 Å². The molecule has 0 unspecified atom stereocenters. The maximum absolute atomic E-state index is 14.5. The van der Waals surface area contributed by atoms with E-state index in [1.165, 1.54) is 34.4 Å². The van der Waals surface area contributed by atoms with Crippen LogP contribution in [0, 0.1) is 0 Å². The molecular formula is C37H42F2N10O7. The molecule has 19 heteroatoms. The van der Waals surface area contributed by atoms with Gasteiger partial charge >= 0.3 is 0 Å². The largest absolute Gasteiger partial charge is 0.394 e. The van der Waals surface area contributed by atoms with E-state index in [4.69, 9.17) is 9.47 Å². The molecule has 2 aliphatic heterocycles. The van der Waals surface area contributed by atoms with Crippen LogP contribution in [0.5, 0.6) is 0 Å². The van der Waals surface area contributed by atoms with Crippen molar-refractivity contribution in [3.63, 3.8) is 0 Å². The summed E-state index contributed by atoms with van der Waals surface area (Å²) in [7, 11) is 0. The number of carbonyl (C=O) groups is 2. The van der Waals surface area contributed by atoms with Crippen LogP contribution in [0.25, 0.3) is 22.3 Å². The third-order valence-corrected chi connectivity index (χ3v) is 8.97. The number of aliphatic hydroxyl groups is 3. The molecule has 17 nitrogen and oxygen atoms in total. The Morgan fingerprint density at radius 3 is 1.46 bits per heavy atom. The van der Waals surface area contributed by atoms with Gasteiger partial charge in [0.1, 0.15) is 31.0 Å². The number of rotatable bonds is 8. The van der Waals surface area contributed by atoms with E-state index >= 15 is 0 Å². The molecule has 4 aromatic heterocycles. The average Bonchev–Trinajstić information content (AvgIpc) is 3.97. The number of nitrogens with zero attached hydrogens (tertiary/aromatic N) is 8. The van der Waals surface area contributed by atoms with Crippen molar-refractivity contribution in [2.24, 2.45) is 0 Å². The van der Waals surface area contributed by atoms with Crippen molar-refractivity contribution >= 4 is 45.8 Å². The number of hydrogen-bond acceptors (Lipinski definition) is 13. The molecule has 2 saturated heterocycles. The summed E-state index contributed by atoms with van der Waals surface area (Å²) in [5.74, 6) is -0.331. The first-order chi connectivity index (χ1) is 26.2. The van der Waals surface area contributed by atoms with E-state index in [1.807, 2.05) is 13.0 Å². The molecule has 0 saturated carbocycles. The fourth-order valence-electron chi connectivity index (χ4n) is 6.14. The molecule has 2 amide bonds. The number of aliphatic hydroxyl groups excluding tert-OH is 3. The standard InChI is InChI=1S/C18H18FN5O3.C17H16FN5O4.2CH4/c1-2-11-14(25)12(19)18(27-11)24-9-22-13-15(20-8-21-16(13)24)23-17(26)10-6-4-3-5-7-10;18-11-13(25)10(6-24)27-17(11)23-8-21-12-14(19-7-20-15(12)23)22-16(26)9-4-2-1-3-5-9;;/h3-9,11-12,14,18,25H,2H2,1H3,(H,20,21,23,26);1-5,7-8,10-11,13,17,24-25H,6H2,(H,19,20,22,26);2*1H4/t11-,12-,14-,18-;10-,11-,13-,17-;;/m11../s1. The maximum Gasteiger partial charge on any atom is 0.256 e. The molecule has 0 bridgehead atoms. The van der Waals surface area contributed by atoms with Crippen LogP contribution in [-0.4, -0.2) is 110 Å². The van der Waals surface area contributed by atoms with Crippen molar-refractivity contribution in [2.45, 2.75) is 77.4 Å². The molecule has 0 spiro atoms. The first-order valence-corrected chi connectivity index (χ1v) is 16.8. The minimum atomic E-state index is -1.77. The monoisotopic (exact) mass is 776 g/mol. The fourth-order valence-corrected chi connectivity index (χ4v) is 6.14. The molecule has 5 N–H and O–H groups in total. The third-order valence-electron chi connectivity index (χ3n) is 8.97. The summed E-state index contributed by atoms with van der Waals surface area (Å²) in [6.07, 6.45) is -4.30. The van der Waals surface area contributed by atoms with E-state index in [2.05, 4.69) is 40.5 Å². The first-order valence-electron chi connectivity index (χ1n) is 16.8. The van der Waals surface area contributed by atoms with Gasteiger partial charge in [-0.1, -0.05) is 58.2 Å². The molecule has 2 fully saturated rings. The quantitative estimate of drug-likeness (QED) is 0.147.